The number of amides is 1. The van der Waals surface area contributed by atoms with Gasteiger partial charge in [-0.25, -0.2) is 4.79 Å². The van der Waals surface area contributed by atoms with E-state index in [1.165, 1.54) is 25.7 Å². The fraction of sp³-hybridized carbons (Fsp3) is 0.556. The maximum Gasteiger partial charge on any atom is 0.339 e. The molecule has 1 aromatic rings. The highest BCUT2D eigenvalue weighted by Crippen LogP contribution is 2.47. The largest absolute Gasteiger partial charge is 0.453 e. The van der Waals surface area contributed by atoms with Crippen LogP contribution in [0.1, 0.15) is 54.1 Å². The molecular formula is C18H21NO3. The lowest BCUT2D eigenvalue weighted by Crippen LogP contribution is -2.40. The lowest BCUT2D eigenvalue weighted by molar-refractivity contribution is -0.135. The molecule has 0 N–H and O–H groups in total. The third-order valence-electron chi connectivity index (χ3n) is 5.19. The van der Waals surface area contributed by atoms with Crippen LogP contribution < -0.4 is 0 Å². The third-order valence-corrected chi connectivity index (χ3v) is 5.19. The molecular weight excluding hydrogens is 278 g/mol. The Bertz CT molecular complexity index is 607. The van der Waals surface area contributed by atoms with Gasteiger partial charge in [0.05, 0.1) is 12.0 Å². The molecule has 0 radical (unpaired) electrons. The van der Waals surface area contributed by atoms with E-state index in [4.69, 9.17) is 4.74 Å². The Balaban J connectivity index is 1.47. The lowest BCUT2D eigenvalue weighted by atomic mass is 10.0. The molecule has 4 heteroatoms. The van der Waals surface area contributed by atoms with Crippen molar-refractivity contribution in [1.82, 2.24) is 4.90 Å². The molecule has 2 fully saturated rings. The summed E-state index contributed by atoms with van der Waals surface area (Å²) in [7, 11) is 1.92. The smallest absolute Gasteiger partial charge is 0.339 e. The molecule has 4 nitrogen and oxygen atoms in total. The molecule has 1 unspecified atom stereocenters. The molecule has 0 bridgehead atoms. The molecule has 4 rings (SSSR count). The van der Waals surface area contributed by atoms with Gasteiger partial charge < -0.3 is 9.64 Å². The lowest BCUT2D eigenvalue weighted by Gasteiger charge is -2.29. The van der Waals surface area contributed by atoms with Gasteiger partial charge in [-0.05, 0) is 43.6 Å². The van der Waals surface area contributed by atoms with Crippen molar-refractivity contribution in [3.63, 3.8) is 0 Å². The zero-order valence-corrected chi connectivity index (χ0v) is 12.8. The molecule has 1 atom stereocenters. The summed E-state index contributed by atoms with van der Waals surface area (Å²) in [6.07, 6.45) is 4.84. The second-order valence-electron chi connectivity index (χ2n) is 6.86. The van der Waals surface area contributed by atoms with Crippen LogP contribution in [0.2, 0.25) is 0 Å². The molecule has 1 aliphatic heterocycles. The van der Waals surface area contributed by atoms with Gasteiger partial charge in [0.1, 0.15) is 6.10 Å². The van der Waals surface area contributed by atoms with E-state index in [1.54, 1.807) is 6.07 Å². The number of carbonyl (C=O) groups excluding carboxylic acids is 2. The van der Waals surface area contributed by atoms with Crippen molar-refractivity contribution >= 4 is 11.9 Å². The highest BCUT2D eigenvalue weighted by Gasteiger charge is 2.45. The van der Waals surface area contributed by atoms with Crippen LogP contribution in [0.3, 0.4) is 0 Å². The van der Waals surface area contributed by atoms with Gasteiger partial charge in [0.2, 0.25) is 5.91 Å². The average molecular weight is 299 g/mol. The summed E-state index contributed by atoms with van der Waals surface area (Å²) in [4.78, 5) is 26.4. The standard InChI is InChI=1S/C18H21NO3/c1-19(17(11-6-7-11)12-8-9-12)16(20)10-15-13-4-2-3-5-14(13)18(21)22-15/h2-5,11-12,15,17H,6-10H2,1H3. The van der Waals surface area contributed by atoms with Gasteiger partial charge in [-0.3, -0.25) is 4.79 Å². The van der Waals surface area contributed by atoms with E-state index >= 15 is 0 Å². The molecule has 0 spiro atoms. The summed E-state index contributed by atoms with van der Waals surface area (Å²) < 4.78 is 5.40. The fourth-order valence-corrected chi connectivity index (χ4v) is 3.73. The third kappa shape index (κ3) is 2.40. The monoisotopic (exact) mass is 299 g/mol. The Kier molecular flexibility index (Phi) is 3.21. The Labute approximate surface area is 130 Å². The summed E-state index contributed by atoms with van der Waals surface area (Å²) >= 11 is 0. The van der Waals surface area contributed by atoms with Gasteiger partial charge in [-0.2, -0.15) is 0 Å². The first-order valence-electron chi connectivity index (χ1n) is 8.20. The Hall–Kier alpha value is -1.84. The fourth-order valence-electron chi connectivity index (χ4n) is 3.73. The van der Waals surface area contributed by atoms with Crippen LogP contribution in [0.25, 0.3) is 0 Å². The number of ether oxygens (including phenoxy) is 1. The van der Waals surface area contributed by atoms with Gasteiger partial charge >= 0.3 is 5.97 Å². The first-order valence-corrected chi connectivity index (χ1v) is 8.20. The van der Waals surface area contributed by atoms with Crippen LogP contribution in [0.5, 0.6) is 0 Å². The van der Waals surface area contributed by atoms with Crippen LogP contribution in [0.4, 0.5) is 0 Å². The first kappa shape index (κ1) is 13.8. The summed E-state index contributed by atoms with van der Waals surface area (Å²) in [5.74, 6) is 1.18. The summed E-state index contributed by atoms with van der Waals surface area (Å²) in [6, 6.07) is 7.77. The number of hydrogen-bond acceptors (Lipinski definition) is 3. The van der Waals surface area contributed by atoms with Crippen LogP contribution in [-0.4, -0.2) is 29.9 Å². The summed E-state index contributed by atoms with van der Waals surface area (Å²) in [6.45, 7) is 0. The zero-order chi connectivity index (χ0) is 15.3. The van der Waals surface area contributed by atoms with Gasteiger partial charge in [-0.1, -0.05) is 18.2 Å². The maximum atomic E-state index is 12.7. The first-order chi connectivity index (χ1) is 10.6. The highest BCUT2D eigenvalue weighted by molar-refractivity contribution is 5.94. The predicted molar refractivity (Wildman–Crippen MR) is 81.2 cm³/mol. The second-order valence-corrected chi connectivity index (χ2v) is 6.86. The van der Waals surface area contributed by atoms with Gasteiger partial charge in [0, 0.05) is 18.7 Å². The summed E-state index contributed by atoms with van der Waals surface area (Å²) in [5.41, 5.74) is 1.45. The molecule has 0 saturated heterocycles. The van der Waals surface area contributed by atoms with Crippen molar-refractivity contribution in [3.05, 3.63) is 35.4 Å². The van der Waals surface area contributed by atoms with Crippen LogP contribution >= 0.6 is 0 Å². The molecule has 116 valence electrons. The van der Waals surface area contributed by atoms with E-state index in [2.05, 4.69) is 0 Å². The molecule has 2 saturated carbocycles. The van der Waals surface area contributed by atoms with Crippen LogP contribution in [0.15, 0.2) is 24.3 Å². The number of rotatable bonds is 5. The van der Waals surface area contributed by atoms with E-state index in [-0.39, 0.29) is 18.3 Å². The van der Waals surface area contributed by atoms with Crippen molar-refractivity contribution in [3.8, 4) is 0 Å². The minimum absolute atomic E-state index is 0.0957. The van der Waals surface area contributed by atoms with Gasteiger partial charge in [-0.15, -0.1) is 0 Å². The summed E-state index contributed by atoms with van der Waals surface area (Å²) in [5, 5.41) is 0. The normalized spacial score (nSPS) is 23.4. The average Bonchev–Trinajstić information content (AvgIpc) is 3.42. The second kappa shape index (κ2) is 5.11. The number of carbonyl (C=O) groups is 2. The van der Waals surface area contributed by atoms with E-state index in [0.29, 0.717) is 23.4 Å². The number of benzene rings is 1. The number of cyclic esters (lactones) is 1. The van der Waals surface area contributed by atoms with E-state index < -0.39 is 6.10 Å². The van der Waals surface area contributed by atoms with Crippen LogP contribution in [-0.2, 0) is 9.53 Å². The SMILES string of the molecule is CN(C(=O)CC1OC(=O)c2ccccc21)C(C1CC1)C1CC1. The van der Waals surface area contributed by atoms with Crippen molar-refractivity contribution in [2.24, 2.45) is 11.8 Å². The van der Waals surface area contributed by atoms with Gasteiger partial charge in [0.25, 0.3) is 0 Å². The number of fused-ring (bicyclic) bond motifs is 1. The molecule has 0 aromatic heterocycles. The predicted octanol–water partition coefficient (Wildman–Crippen LogP) is 2.94. The Morgan fingerprint density at radius 3 is 2.50 bits per heavy atom. The number of esters is 1. The Morgan fingerprint density at radius 2 is 1.86 bits per heavy atom. The highest BCUT2D eigenvalue weighted by atomic mass is 16.5. The zero-order valence-electron chi connectivity index (χ0n) is 12.8. The Morgan fingerprint density at radius 1 is 1.23 bits per heavy atom. The minimum atomic E-state index is -0.419. The molecule has 1 heterocycles. The molecule has 1 aromatic carbocycles. The topological polar surface area (TPSA) is 46.6 Å². The maximum absolute atomic E-state index is 12.7. The molecule has 2 aliphatic carbocycles. The molecule has 1 amide bonds. The van der Waals surface area contributed by atoms with Gasteiger partial charge in [0.15, 0.2) is 0 Å². The van der Waals surface area contributed by atoms with E-state index in [0.717, 1.165) is 5.56 Å². The van der Waals surface area contributed by atoms with Crippen molar-refractivity contribution in [2.75, 3.05) is 7.05 Å². The molecule has 22 heavy (non-hydrogen) atoms. The minimum Gasteiger partial charge on any atom is -0.453 e. The van der Waals surface area contributed by atoms with Crippen molar-refractivity contribution in [2.45, 2.75) is 44.2 Å². The number of hydrogen-bond donors (Lipinski definition) is 0. The van der Waals surface area contributed by atoms with Crippen molar-refractivity contribution in [1.29, 1.82) is 0 Å². The number of nitrogens with zero attached hydrogens (tertiary/aromatic N) is 1. The van der Waals surface area contributed by atoms with E-state index in [1.807, 2.05) is 30.1 Å². The quantitative estimate of drug-likeness (QED) is 0.785. The van der Waals surface area contributed by atoms with Crippen molar-refractivity contribution < 1.29 is 14.3 Å². The molecule has 3 aliphatic rings. The van der Waals surface area contributed by atoms with E-state index in [9.17, 15) is 9.59 Å². The van der Waals surface area contributed by atoms with Crippen LogP contribution in [0, 0.1) is 11.8 Å².